The van der Waals surface area contributed by atoms with Crippen LogP contribution in [0.15, 0.2) is 12.3 Å². The summed E-state index contributed by atoms with van der Waals surface area (Å²) in [5, 5.41) is 0. The van der Waals surface area contributed by atoms with Crippen molar-refractivity contribution >= 4 is 33.4 Å². The second-order valence-corrected chi connectivity index (χ2v) is 5.25. The Hall–Kier alpha value is -2.06. The first-order chi connectivity index (χ1) is 9.40. The summed E-state index contributed by atoms with van der Waals surface area (Å²) < 4.78 is 13.9. The number of rotatable bonds is 2. The lowest BCUT2D eigenvalue weighted by Gasteiger charge is -2.05. The molecule has 0 saturated carbocycles. The van der Waals surface area contributed by atoms with Crippen LogP contribution >= 0.6 is 11.3 Å². The molecular formula is C12H12FN3O3S. The highest BCUT2D eigenvalue weighted by Gasteiger charge is 2.16. The van der Waals surface area contributed by atoms with Gasteiger partial charge in [-0.05, 0) is 19.9 Å². The van der Waals surface area contributed by atoms with Crippen LogP contribution in [0.25, 0.3) is 10.2 Å². The molecule has 0 aliphatic carbocycles. The van der Waals surface area contributed by atoms with Gasteiger partial charge >= 0.3 is 5.97 Å². The highest BCUT2D eigenvalue weighted by molar-refractivity contribution is 7.20. The van der Waals surface area contributed by atoms with Gasteiger partial charge < -0.3 is 10.6 Å². The van der Waals surface area contributed by atoms with Crippen molar-refractivity contribution < 1.29 is 18.8 Å². The van der Waals surface area contributed by atoms with Gasteiger partial charge in [-0.25, -0.2) is 9.18 Å². The van der Waals surface area contributed by atoms with Crippen molar-refractivity contribution in [1.29, 1.82) is 0 Å². The van der Waals surface area contributed by atoms with Crippen LogP contribution < -0.4 is 11.2 Å². The first kappa shape index (κ1) is 14.4. The lowest BCUT2D eigenvalue weighted by molar-refractivity contribution is -0.150. The second-order valence-electron chi connectivity index (χ2n) is 4.20. The number of hydroxylamine groups is 1. The molecule has 0 aliphatic heterocycles. The summed E-state index contributed by atoms with van der Waals surface area (Å²) in [6.07, 6.45) is 1.10. The molecule has 2 aromatic rings. The minimum atomic E-state index is -0.837. The van der Waals surface area contributed by atoms with E-state index in [1.807, 2.05) is 5.48 Å². The Morgan fingerprint density at radius 3 is 2.90 bits per heavy atom. The third kappa shape index (κ3) is 2.75. The summed E-state index contributed by atoms with van der Waals surface area (Å²) in [6.45, 7) is 3.04. The number of hydrogen-bond donors (Lipinski definition) is 2. The minimum absolute atomic E-state index is 0.263. The van der Waals surface area contributed by atoms with Gasteiger partial charge in [-0.3, -0.25) is 9.78 Å². The van der Waals surface area contributed by atoms with Crippen LogP contribution in [0.4, 0.5) is 4.39 Å². The average molecular weight is 297 g/mol. The van der Waals surface area contributed by atoms with E-state index in [2.05, 4.69) is 9.82 Å². The van der Waals surface area contributed by atoms with E-state index >= 15 is 0 Å². The Morgan fingerprint density at radius 2 is 2.25 bits per heavy atom. The molecule has 0 aromatic carbocycles. The number of nitrogens with two attached hydrogens (primary N) is 1. The van der Waals surface area contributed by atoms with E-state index in [0.29, 0.717) is 15.8 Å². The number of nitrogens with zero attached hydrogens (tertiary/aromatic N) is 1. The molecule has 2 aromatic heterocycles. The van der Waals surface area contributed by atoms with Gasteiger partial charge in [-0.1, -0.05) is 0 Å². The van der Waals surface area contributed by atoms with Crippen molar-refractivity contribution in [3.8, 4) is 0 Å². The number of fused-ring (bicyclic) bond motifs is 1. The van der Waals surface area contributed by atoms with Crippen molar-refractivity contribution in [2.75, 3.05) is 0 Å². The molecule has 3 N–H and O–H groups in total. The van der Waals surface area contributed by atoms with Gasteiger partial charge in [0.1, 0.15) is 11.9 Å². The molecule has 2 rings (SSSR count). The van der Waals surface area contributed by atoms with Crippen LogP contribution in [-0.2, 0) is 9.63 Å². The number of nitrogens with one attached hydrogen (secondary N) is 1. The molecule has 2 heterocycles. The number of halogens is 1. The van der Waals surface area contributed by atoms with Gasteiger partial charge in [-0.15, -0.1) is 11.3 Å². The van der Waals surface area contributed by atoms with Gasteiger partial charge in [0.25, 0.3) is 5.91 Å². The largest absolute Gasteiger partial charge is 0.348 e. The number of amides is 1. The summed E-state index contributed by atoms with van der Waals surface area (Å²) >= 11 is 1.07. The van der Waals surface area contributed by atoms with E-state index in [4.69, 9.17) is 5.73 Å². The monoisotopic (exact) mass is 297 g/mol. The first-order valence-electron chi connectivity index (χ1n) is 5.71. The lowest BCUT2D eigenvalue weighted by atomic mass is 10.2. The maximum atomic E-state index is 13.4. The van der Waals surface area contributed by atoms with Gasteiger partial charge in [-0.2, -0.15) is 5.48 Å². The average Bonchev–Trinajstić information content (AvgIpc) is 2.84. The molecular weight excluding hydrogens is 285 g/mol. The molecule has 0 saturated heterocycles. The van der Waals surface area contributed by atoms with Crippen LogP contribution in [0.2, 0.25) is 0 Å². The Kier molecular flexibility index (Phi) is 3.96. The smallest absolute Gasteiger partial charge is 0.339 e. The number of aryl methyl sites for hydroxylation is 1. The van der Waals surface area contributed by atoms with Crippen LogP contribution in [0.1, 0.15) is 22.2 Å². The topological polar surface area (TPSA) is 94.3 Å². The van der Waals surface area contributed by atoms with E-state index < -0.39 is 23.7 Å². The maximum absolute atomic E-state index is 13.4. The van der Waals surface area contributed by atoms with Crippen molar-refractivity contribution in [3.05, 3.63) is 28.5 Å². The SMILES string of the molecule is Cc1c(F)cnc2cc(C(=O)NOC(=O)[C@@H](C)N)sc12. The number of carbonyl (C=O) groups is 2. The Morgan fingerprint density at radius 1 is 1.55 bits per heavy atom. The summed E-state index contributed by atoms with van der Waals surface area (Å²) in [4.78, 5) is 31.6. The van der Waals surface area contributed by atoms with Crippen LogP contribution in [0.3, 0.4) is 0 Å². The van der Waals surface area contributed by atoms with Gasteiger partial charge in [0.2, 0.25) is 0 Å². The Bertz CT molecular complexity index is 684. The number of aromatic nitrogens is 1. The molecule has 6 nitrogen and oxygen atoms in total. The number of carbonyl (C=O) groups excluding carboxylic acids is 2. The van der Waals surface area contributed by atoms with Crippen molar-refractivity contribution in [2.24, 2.45) is 5.73 Å². The molecule has 0 radical (unpaired) electrons. The summed E-state index contributed by atoms with van der Waals surface area (Å²) in [6, 6.07) is 0.664. The molecule has 8 heteroatoms. The number of hydrogen-bond acceptors (Lipinski definition) is 6. The van der Waals surface area contributed by atoms with Gasteiger partial charge in [0.15, 0.2) is 0 Å². The maximum Gasteiger partial charge on any atom is 0.348 e. The normalized spacial score (nSPS) is 12.2. The molecule has 1 amide bonds. The van der Waals surface area contributed by atoms with Crippen molar-refractivity contribution in [3.63, 3.8) is 0 Å². The fourth-order valence-corrected chi connectivity index (χ4v) is 2.42. The highest BCUT2D eigenvalue weighted by Crippen LogP contribution is 2.28. The zero-order valence-electron chi connectivity index (χ0n) is 10.8. The molecule has 0 bridgehead atoms. The van der Waals surface area contributed by atoms with Crippen LogP contribution in [0, 0.1) is 12.7 Å². The predicted octanol–water partition coefficient (Wildman–Crippen LogP) is 1.28. The van der Waals surface area contributed by atoms with Crippen LogP contribution in [-0.4, -0.2) is 22.9 Å². The lowest BCUT2D eigenvalue weighted by Crippen LogP contribution is -2.35. The fourth-order valence-electron chi connectivity index (χ4n) is 1.43. The third-order valence-electron chi connectivity index (χ3n) is 2.57. The quantitative estimate of drug-likeness (QED) is 0.814. The molecule has 0 aliphatic rings. The Balaban J connectivity index is 2.19. The molecule has 106 valence electrons. The molecule has 20 heavy (non-hydrogen) atoms. The van der Waals surface area contributed by atoms with E-state index in [0.717, 1.165) is 17.5 Å². The highest BCUT2D eigenvalue weighted by atomic mass is 32.1. The molecule has 0 spiro atoms. The predicted molar refractivity (Wildman–Crippen MR) is 71.5 cm³/mol. The van der Waals surface area contributed by atoms with E-state index in [9.17, 15) is 14.0 Å². The summed E-state index contributed by atoms with van der Waals surface area (Å²) in [7, 11) is 0. The van der Waals surface area contributed by atoms with Crippen molar-refractivity contribution in [1.82, 2.24) is 10.5 Å². The second kappa shape index (κ2) is 5.51. The minimum Gasteiger partial charge on any atom is -0.339 e. The third-order valence-corrected chi connectivity index (χ3v) is 3.81. The summed E-state index contributed by atoms with van der Waals surface area (Å²) in [5.74, 6) is -1.80. The van der Waals surface area contributed by atoms with E-state index in [1.54, 1.807) is 6.92 Å². The molecule has 0 unspecified atom stereocenters. The van der Waals surface area contributed by atoms with Gasteiger partial charge in [0, 0.05) is 5.56 Å². The zero-order chi connectivity index (χ0) is 14.9. The van der Waals surface area contributed by atoms with E-state index in [1.165, 1.54) is 13.0 Å². The standard InChI is InChI=1S/C12H12FN3O3S/c1-5-7(13)4-15-8-3-9(20-10(5)8)11(17)16-19-12(18)6(2)14/h3-4,6H,14H2,1-2H3,(H,16,17)/t6-/m1/s1. The zero-order valence-corrected chi connectivity index (χ0v) is 11.6. The van der Waals surface area contributed by atoms with E-state index in [-0.39, 0.29) is 4.88 Å². The van der Waals surface area contributed by atoms with Crippen molar-refractivity contribution in [2.45, 2.75) is 19.9 Å². The Labute approximate surface area is 117 Å². The first-order valence-corrected chi connectivity index (χ1v) is 6.53. The molecule has 0 fully saturated rings. The van der Waals surface area contributed by atoms with Gasteiger partial charge in [0.05, 0.1) is 21.3 Å². The summed E-state index contributed by atoms with van der Waals surface area (Å²) in [5.41, 5.74) is 8.21. The molecule has 1 atom stereocenters. The van der Waals surface area contributed by atoms with Crippen LogP contribution in [0.5, 0.6) is 0 Å². The fraction of sp³-hybridized carbons (Fsp3) is 0.250. The number of pyridine rings is 1. The number of thiophene rings is 1.